The molecule has 0 radical (unpaired) electrons. The van der Waals surface area contributed by atoms with Crippen LogP contribution in [0.15, 0.2) is 48.8 Å². The molecule has 4 saturated heterocycles. The third kappa shape index (κ3) is 6.81. The Balaban J connectivity index is 0.966. The molecule has 4 atom stereocenters. The minimum atomic E-state index is -0.688. The van der Waals surface area contributed by atoms with Crippen molar-refractivity contribution < 1.29 is 28.7 Å². The molecule has 0 unspecified atom stereocenters. The van der Waals surface area contributed by atoms with Crippen LogP contribution in [0.25, 0.3) is 22.5 Å². The number of carbonyl (C=O) groups excluding carboxylic acids is 4. The van der Waals surface area contributed by atoms with E-state index in [2.05, 4.69) is 57.0 Å². The Kier molecular flexibility index (Phi) is 10.4. The van der Waals surface area contributed by atoms with Crippen LogP contribution in [0.5, 0.6) is 0 Å². The molecule has 14 nitrogen and oxygen atoms in total. The average Bonchev–Trinajstić information content (AvgIpc) is 3.97. The molecule has 2 aromatic heterocycles. The number of hydrogen-bond donors (Lipinski definition) is 4. The minimum Gasteiger partial charge on any atom is -0.453 e. The molecule has 11 rings (SSSR count). The summed E-state index contributed by atoms with van der Waals surface area (Å²) in [7, 11) is 2.63. The number of carbonyl (C=O) groups is 4. The largest absolute Gasteiger partial charge is 0.453 e. The molecule has 3 aliphatic carbocycles. The second-order valence-electron chi connectivity index (χ2n) is 18.1. The zero-order chi connectivity index (χ0) is 42.0. The fourth-order valence-corrected chi connectivity index (χ4v) is 10.9. The van der Waals surface area contributed by atoms with Crippen LogP contribution in [0, 0.1) is 44.5 Å². The minimum absolute atomic E-state index is 0.0843. The van der Waals surface area contributed by atoms with Crippen molar-refractivity contribution in [1.29, 1.82) is 0 Å². The van der Waals surface area contributed by atoms with Crippen LogP contribution in [0.2, 0.25) is 0 Å². The quantitative estimate of drug-likeness (QED) is 0.117. The van der Waals surface area contributed by atoms with Gasteiger partial charge in [-0.2, -0.15) is 0 Å². The van der Waals surface area contributed by atoms with Gasteiger partial charge in [0.2, 0.25) is 11.8 Å². The SMILES string of the molecule is COC(=O)N[C@H](C(=O)N1C2CCC(CC2)[C@H]1c1ncc(-c2ccc3c(c2)=c2ccc(-c4cnc([C@@H]5C6CCC(CC6)N5C(=O)[C@@H](NC(=O)OC)C(C)C)[nH]4)cc2=3)[nH]1)C(C)C. The number of aromatic nitrogens is 4. The number of nitrogens with one attached hydrogen (secondary N) is 4. The van der Waals surface area contributed by atoms with Gasteiger partial charge >= 0.3 is 12.2 Å². The highest BCUT2D eigenvalue weighted by atomic mass is 16.5. The Morgan fingerprint density at radius 2 is 0.983 bits per heavy atom. The monoisotopic (exact) mass is 816 g/mol. The number of piperidine rings is 4. The molecule has 14 heteroatoms. The first-order valence-electron chi connectivity index (χ1n) is 21.7. The number of fused-ring (bicyclic) bond motifs is 8. The maximum absolute atomic E-state index is 14.2. The van der Waals surface area contributed by atoms with Gasteiger partial charge in [-0.25, -0.2) is 19.6 Å². The number of benzene rings is 2. The molecule has 6 fully saturated rings. The fraction of sp³-hybridized carbons (Fsp3) is 0.522. The summed E-state index contributed by atoms with van der Waals surface area (Å²) in [5.41, 5.74) is 3.84. The van der Waals surface area contributed by atoms with Crippen LogP contribution >= 0.6 is 0 Å². The smallest absolute Gasteiger partial charge is 0.407 e. The summed E-state index contributed by atoms with van der Waals surface area (Å²) in [5.74, 6) is 1.77. The lowest BCUT2D eigenvalue weighted by Crippen LogP contribution is -2.59. The molecular weight excluding hydrogens is 761 g/mol. The van der Waals surface area contributed by atoms with E-state index in [9.17, 15) is 19.2 Å². The van der Waals surface area contributed by atoms with Crippen LogP contribution in [-0.2, 0) is 19.1 Å². The van der Waals surface area contributed by atoms with Crippen molar-refractivity contribution in [2.75, 3.05) is 14.2 Å². The Morgan fingerprint density at radius 3 is 1.33 bits per heavy atom. The highest BCUT2D eigenvalue weighted by molar-refractivity contribution is 5.87. The molecule has 0 spiro atoms. The number of H-pyrrole nitrogens is 2. The van der Waals surface area contributed by atoms with E-state index in [1.165, 1.54) is 35.1 Å². The van der Waals surface area contributed by atoms with Gasteiger partial charge in [-0.3, -0.25) is 9.59 Å². The van der Waals surface area contributed by atoms with Crippen molar-refractivity contribution in [3.63, 3.8) is 0 Å². The number of hydrogen-bond acceptors (Lipinski definition) is 8. The molecule has 60 heavy (non-hydrogen) atoms. The number of nitrogens with zero attached hydrogens (tertiary/aromatic N) is 4. The van der Waals surface area contributed by atoms with Crippen molar-refractivity contribution in [1.82, 2.24) is 40.4 Å². The van der Waals surface area contributed by atoms with Gasteiger partial charge in [0, 0.05) is 23.2 Å². The molecule has 2 aromatic carbocycles. The van der Waals surface area contributed by atoms with Crippen molar-refractivity contribution in [2.24, 2.45) is 23.7 Å². The molecule has 4 N–H and O–H groups in total. The van der Waals surface area contributed by atoms with Gasteiger partial charge in [0.15, 0.2) is 0 Å². The van der Waals surface area contributed by atoms with Crippen molar-refractivity contribution in [2.45, 2.75) is 115 Å². The number of alkyl carbamates (subject to hydrolysis) is 2. The summed E-state index contributed by atoms with van der Waals surface area (Å²) in [4.78, 5) is 73.7. The zero-order valence-corrected chi connectivity index (χ0v) is 35.3. The van der Waals surface area contributed by atoms with E-state index >= 15 is 0 Å². The Hall–Kier alpha value is -5.66. The highest BCUT2D eigenvalue weighted by Gasteiger charge is 2.49. The third-order valence-corrected chi connectivity index (χ3v) is 14.0. The average molecular weight is 817 g/mol. The van der Waals surface area contributed by atoms with E-state index < -0.39 is 24.3 Å². The summed E-state index contributed by atoms with van der Waals surface area (Å²) in [6.45, 7) is 7.76. The first-order valence-corrected chi connectivity index (χ1v) is 21.7. The first kappa shape index (κ1) is 39.8. The van der Waals surface area contributed by atoms with Gasteiger partial charge < -0.3 is 39.9 Å². The van der Waals surface area contributed by atoms with E-state index in [0.29, 0.717) is 11.8 Å². The lowest BCUT2D eigenvalue weighted by atomic mass is 9.73. The van der Waals surface area contributed by atoms with Crippen LogP contribution in [0.4, 0.5) is 9.59 Å². The standard InChI is InChI=1S/C46H56N8O6/c1-23(2)37(51-45(57)59-5)43(55)53-29-13-7-25(8-14-29)39(53)41-47-21-35(49-41)27-11-17-31-33(19-27)32-18-12-28(20-34(31)32)36-22-48-42(50-36)40-26-9-15-30(16-10-26)54(40)44(56)38(24(3)4)52-46(58)60-6/h11-12,17-26,29-30,37-40H,7-10,13-16H2,1-6H3,(H,47,49)(H,48,50)(H,51,57)(H,52,58)/t25?,26?,29?,30?,37-,38-,39-,40-/m0/s1. The number of aromatic amines is 2. The Bertz CT molecular complexity index is 2320. The van der Waals surface area contributed by atoms with Crippen LogP contribution in [-0.4, -0.2) is 92.1 Å². The second-order valence-corrected chi connectivity index (χ2v) is 18.1. The van der Waals surface area contributed by atoms with Crippen molar-refractivity contribution >= 4 is 24.0 Å². The summed E-state index contributed by atoms with van der Waals surface area (Å²) in [5, 5.41) is 10.3. The summed E-state index contributed by atoms with van der Waals surface area (Å²) in [6.07, 6.45) is 10.5. The molecule has 4 bridgehead atoms. The lowest BCUT2D eigenvalue weighted by molar-refractivity contribution is -0.149. The lowest BCUT2D eigenvalue weighted by Gasteiger charge is -2.51. The predicted octanol–water partition coefficient (Wildman–Crippen LogP) is 7.00. The van der Waals surface area contributed by atoms with E-state index in [1.54, 1.807) is 0 Å². The normalized spacial score (nSPS) is 24.7. The van der Waals surface area contributed by atoms with Crippen LogP contribution < -0.4 is 10.6 Å². The molecule has 2 saturated carbocycles. The van der Waals surface area contributed by atoms with Gasteiger partial charge in [-0.1, -0.05) is 52.0 Å². The molecule has 6 heterocycles. The first-order chi connectivity index (χ1) is 28.9. The highest BCUT2D eigenvalue weighted by Crippen LogP contribution is 2.49. The molecule has 4 amide bonds. The van der Waals surface area contributed by atoms with Crippen molar-refractivity contribution in [3.05, 3.63) is 81.3 Å². The van der Waals surface area contributed by atoms with Crippen LogP contribution in [0.3, 0.4) is 0 Å². The number of rotatable bonds is 10. The molecule has 7 aliphatic rings. The van der Waals surface area contributed by atoms with Crippen molar-refractivity contribution in [3.8, 4) is 22.5 Å². The van der Waals surface area contributed by atoms with E-state index in [1.807, 2.05) is 49.9 Å². The maximum Gasteiger partial charge on any atom is 0.407 e. The molecular formula is C46H56N8O6. The maximum atomic E-state index is 14.2. The van der Waals surface area contributed by atoms with E-state index in [-0.39, 0.29) is 47.8 Å². The summed E-state index contributed by atoms with van der Waals surface area (Å²) >= 11 is 0. The van der Waals surface area contributed by atoms with Gasteiger partial charge in [0.1, 0.15) is 23.7 Å². The van der Waals surface area contributed by atoms with Gasteiger partial charge in [-0.05, 0) is 108 Å². The van der Waals surface area contributed by atoms with Gasteiger partial charge in [0.25, 0.3) is 0 Å². The van der Waals surface area contributed by atoms with E-state index in [0.717, 1.165) is 85.5 Å². The number of imidazole rings is 2. The number of ether oxygens (including phenoxy) is 2. The summed E-state index contributed by atoms with van der Waals surface area (Å²) in [6, 6.07) is 11.4. The number of methoxy groups -OCH3 is 2. The fourth-order valence-electron chi connectivity index (χ4n) is 10.9. The molecule has 4 aromatic rings. The van der Waals surface area contributed by atoms with Gasteiger partial charge in [-0.15, -0.1) is 0 Å². The van der Waals surface area contributed by atoms with Crippen LogP contribution in [0.1, 0.15) is 103 Å². The topological polar surface area (TPSA) is 175 Å². The zero-order valence-electron chi connectivity index (χ0n) is 35.3. The Morgan fingerprint density at radius 1 is 0.600 bits per heavy atom. The number of amides is 4. The summed E-state index contributed by atoms with van der Waals surface area (Å²) < 4.78 is 9.72. The Labute approximate surface area is 349 Å². The van der Waals surface area contributed by atoms with E-state index in [4.69, 9.17) is 19.4 Å². The molecule has 316 valence electrons. The predicted molar refractivity (Wildman–Crippen MR) is 222 cm³/mol. The molecule has 4 aliphatic heterocycles. The second kappa shape index (κ2) is 15.7. The third-order valence-electron chi connectivity index (χ3n) is 14.0. The van der Waals surface area contributed by atoms with Gasteiger partial charge in [0.05, 0.1) is 50.1 Å².